The summed E-state index contributed by atoms with van der Waals surface area (Å²) in [5.74, 6) is 0.821. The molecule has 2 aromatic rings. The van der Waals surface area contributed by atoms with E-state index in [2.05, 4.69) is 4.98 Å². The van der Waals surface area contributed by atoms with Gasteiger partial charge < -0.3 is 9.84 Å². The number of hydrogen-bond donors (Lipinski definition) is 1. The fourth-order valence-electron chi connectivity index (χ4n) is 2.38. The number of nitrogens with zero attached hydrogens (tertiary/aromatic N) is 1. The van der Waals surface area contributed by atoms with Gasteiger partial charge in [-0.25, -0.2) is 0 Å². The molecule has 0 bridgehead atoms. The molecule has 1 aromatic carbocycles. The molecule has 1 aliphatic rings. The monoisotopic (exact) mass is 229 g/mol. The Morgan fingerprint density at radius 2 is 2.12 bits per heavy atom. The summed E-state index contributed by atoms with van der Waals surface area (Å²) in [6.45, 7) is 0. The molecule has 0 radical (unpaired) electrons. The fourth-order valence-corrected chi connectivity index (χ4v) is 2.38. The van der Waals surface area contributed by atoms with E-state index in [0.717, 1.165) is 35.9 Å². The van der Waals surface area contributed by atoms with Crippen LogP contribution in [0.1, 0.15) is 19.3 Å². The largest absolute Gasteiger partial charge is 0.487 e. The van der Waals surface area contributed by atoms with Crippen molar-refractivity contribution in [2.75, 3.05) is 0 Å². The van der Waals surface area contributed by atoms with Crippen LogP contribution in [-0.4, -0.2) is 22.3 Å². The van der Waals surface area contributed by atoms with Crippen LogP contribution in [0.2, 0.25) is 0 Å². The second kappa shape index (κ2) is 4.34. The van der Waals surface area contributed by atoms with E-state index in [4.69, 9.17) is 4.74 Å². The smallest absolute Gasteiger partial charge is 0.129 e. The molecule has 3 heteroatoms. The minimum atomic E-state index is -0.332. The molecule has 0 aliphatic heterocycles. The van der Waals surface area contributed by atoms with Crippen molar-refractivity contribution in [2.45, 2.75) is 31.5 Å². The van der Waals surface area contributed by atoms with Gasteiger partial charge in [0.2, 0.25) is 0 Å². The summed E-state index contributed by atoms with van der Waals surface area (Å²) in [7, 11) is 0. The van der Waals surface area contributed by atoms with Crippen LogP contribution < -0.4 is 4.74 Å². The number of benzene rings is 1. The average molecular weight is 229 g/mol. The van der Waals surface area contributed by atoms with Crippen LogP contribution in [0.25, 0.3) is 10.9 Å². The van der Waals surface area contributed by atoms with Crippen LogP contribution in [0.4, 0.5) is 0 Å². The van der Waals surface area contributed by atoms with Gasteiger partial charge in [0.05, 0.1) is 11.6 Å². The quantitative estimate of drug-likeness (QED) is 0.860. The molecular formula is C14H15NO2. The summed E-state index contributed by atoms with van der Waals surface area (Å²) in [6, 6.07) is 9.74. The lowest BCUT2D eigenvalue weighted by atomic mass is 10.2. The highest BCUT2D eigenvalue weighted by Gasteiger charge is 2.27. The van der Waals surface area contributed by atoms with Crippen LogP contribution in [0.3, 0.4) is 0 Å². The Morgan fingerprint density at radius 1 is 1.18 bits per heavy atom. The van der Waals surface area contributed by atoms with Gasteiger partial charge in [0.25, 0.3) is 0 Å². The number of aliphatic hydroxyl groups excluding tert-OH is 1. The zero-order chi connectivity index (χ0) is 11.7. The molecule has 2 atom stereocenters. The normalized spacial score (nSPS) is 24.1. The van der Waals surface area contributed by atoms with E-state index in [1.807, 2.05) is 30.3 Å². The van der Waals surface area contributed by atoms with Gasteiger partial charge in [-0.15, -0.1) is 0 Å². The molecule has 17 heavy (non-hydrogen) atoms. The topological polar surface area (TPSA) is 42.4 Å². The number of aliphatic hydroxyl groups is 1. The molecule has 0 unspecified atom stereocenters. The molecule has 0 amide bonds. The first-order valence-electron chi connectivity index (χ1n) is 6.03. The standard InChI is InChI=1S/C14H15NO2/c16-12-6-2-8-14(12)17-13-7-1-5-11-10(13)4-3-9-15-11/h1,3-5,7,9,12,14,16H,2,6,8H2/t12-,14-/m1/s1. The van der Waals surface area contributed by atoms with Gasteiger partial charge in [-0.1, -0.05) is 6.07 Å². The van der Waals surface area contributed by atoms with Crippen molar-refractivity contribution in [1.82, 2.24) is 4.98 Å². The van der Waals surface area contributed by atoms with Crippen molar-refractivity contribution in [2.24, 2.45) is 0 Å². The van der Waals surface area contributed by atoms with Gasteiger partial charge in [0.15, 0.2) is 0 Å². The lowest BCUT2D eigenvalue weighted by Gasteiger charge is -2.18. The van der Waals surface area contributed by atoms with Gasteiger partial charge >= 0.3 is 0 Å². The zero-order valence-electron chi connectivity index (χ0n) is 9.54. The summed E-state index contributed by atoms with van der Waals surface area (Å²) >= 11 is 0. The third-order valence-electron chi connectivity index (χ3n) is 3.30. The Hall–Kier alpha value is -1.61. The summed E-state index contributed by atoms with van der Waals surface area (Å²) in [5.41, 5.74) is 0.928. The SMILES string of the molecule is O[C@@H]1CCC[C@H]1Oc1cccc2ncccc12. The Labute approximate surface area is 100 Å². The Kier molecular flexibility index (Phi) is 2.69. The van der Waals surface area contributed by atoms with Crippen LogP contribution >= 0.6 is 0 Å². The molecule has 1 heterocycles. The molecule has 1 saturated carbocycles. The third-order valence-corrected chi connectivity index (χ3v) is 3.30. The maximum absolute atomic E-state index is 9.78. The molecule has 0 spiro atoms. The molecular weight excluding hydrogens is 214 g/mol. The van der Waals surface area contributed by atoms with Crippen molar-refractivity contribution in [3.05, 3.63) is 36.5 Å². The zero-order valence-corrected chi connectivity index (χ0v) is 9.54. The van der Waals surface area contributed by atoms with Crippen LogP contribution in [0.5, 0.6) is 5.75 Å². The molecule has 1 aromatic heterocycles. The molecule has 1 N–H and O–H groups in total. The summed E-state index contributed by atoms with van der Waals surface area (Å²) in [4.78, 5) is 4.29. The van der Waals surface area contributed by atoms with Crippen molar-refractivity contribution in [1.29, 1.82) is 0 Å². The van der Waals surface area contributed by atoms with Gasteiger partial charge in [0, 0.05) is 11.6 Å². The third kappa shape index (κ3) is 1.98. The highest BCUT2D eigenvalue weighted by molar-refractivity contribution is 5.84. The maximum atomic E-state index is 9.78. The van der Waals surface area contributed by atoms with Crippen LogP contribution in [0.15, 0.2) is 36.5 Å². The van der Waals surface area contributed by atoms with E-state index >= 15 is 0 Å². The first kappa shape index (κ1) is 10.5. The maximum Gasteiger partial charge on any atom is 0.129 e. The highest BCUT2D eigenvalue weighted by Crippen LogP contribution is 2.29. The minimum Gasteiger partial charge on any atom is -0.487 e. The molecule has 1 aliphatic carbocycles. The number of hydrogen-bond acceptors (Lipinski definition) is 3. The average Bonchev–Trinajstić information content (AvgIpc) is 2.76. The Bertz CT molecular complexity index is 521. The number of aromatic nitrogens is 1. The summed E-state index contributed by atoms with van der Waals surface area (Å²) in [5, 5.41) is 10.8. The van der Waals surface area contributed by atoms with Crippen LogP contribution in [0, 0.1) is 0 Å². The van der Waals surface area contributed by atoms with E-state index in [9.17, 15) is 5.11 Å². The number of fused-ring (bicyclic) bond motifs is 1. The molecule has 3 rings (SSSR count). The van der Waals surface area contributed by atoms with Crippen LogP contribution in [-0.2, 0) is 0 Å². The molecule has 88 valence electrons. The number of pyridine rings is 1. The van der Waals surface area contributed by atoms with Gasteiger partial charge in [0.1, 0.15) is 11.9 Å². The predicted octanol–water partition coefficient (Wildman–Crippen LogP) is 2.53. The van der Waals surface area contributed by atoms with E-state index in [1.54, 1.807) is 6.20 Å². The minimum absolute atomic E-state index is 0.0687. The Morgan fingerprint density at radius 3 is 2.94 bits per heavy atom. The van der Waals surface area contributed by atoms with E-state index in [-0.39, 0.29) is 12.2 Å². The highest BCUT2D eigenvalue weighted by atomic mass is 16.5. The fraction of sp³-hybridized carbons (Fsp3) is 0.357. The van der Waals surface area contributed by atoms with Crippen molar-refractivity contribution < 1.29 is 9.84 Å². The van der Waals surface area contributed by atoms with E-state index in [0.29, 0.717) is 0 Å². The van der Waals surface area contributed by atoms with E-state index < -0.39 is 0 Å². The van der Waals surface area contributed by atoms with Gasteiger partial charge in [-0.2, -0.15) is 0 Å². The van der Waals surface area contributed by atoms with Crippen molar-refractivity contribution >= 4 is 10.9 Å². The number of ether oxygens (including phenoxy) is 1. The molecule has 0 saturated heterocycles. The second-order valence-corrected chi connectivity index (χ2v) is 4.48. The first-order chi connectivity index (χ1) is 8.34. The Balaban J connectivity index is 1.94. The summed E-state index contributed by atoms with van der Waals surface area (Å²) in [6.07, 6.45) is 4.18. The first-order valence-corrected chi connectivity index (χ1v) is 6.03. The van der Waals surface area contributed by atoms with Gasteiger partial charge in [-0.3, -0.25) is 4.98 Å². The predicted molar refractivity (Wildman–Crippen MR) is 66.0 cm³/mol. The number of rotatable bonds is 2. The van der Waals surface area contributed by atoms with E-state index in [1.165, 1.54) is 0 Å². The van der Waals surface area contributed by atoms with Crippen molar-refractivity contribution in [3.8, 4) is 5.75 Å². The molecule has 3 nitrogen and oxygen atoms in total. The lowest BCUT2D eigenvalue weighted by molar-refractivity contribution is 0.0614. The second-order valence-electron chi connectivity index (χ2n) is 4.48. The lowest BCUT2D eigenvalue weighted by Crippen LogP contribution is -2.25. The van der Waals surface area contributed by atoms with Gasteiger partial charge in [-0.05, 0) is 43.5 Å². The molecule has 1 fully saturated rings. The van der Waals surface area contributed by atoms with Crippen molar-refractivity contribution in [3.63, 3.8) is 0 Å². The summed E-state index contributed by atoms with van der Waals surface area (Å²) < 4.78 is 5.91.